The second-order valence-corrected chi connectivity index (χ2v) is 9.37. The van der Waals surface area contributed by atoms with Gasteiger partial charge in [-0.15, -0.1) is 0 Å². The molecule has 0 aliphatic rings. The van der Waals surface area contributed by atoms with Gasteiger partial charge in [0.25, 0.3) is 0 Å². The number of benzene rings is 2. The van der Waals surface area contributed by atoms with Crippen molar-refractivity contribution < 1.29 is 19.5 Å². The van der Waals surface area contributed by atoms with E-state index in [0.717, 1.165) is 23.7 Å². The highest BCUT2D eigenvalue weighted by atomic mass is 32.2. The van der Waals surface area contributed by atoms with Crippen LogP contribution in [0.3, 0.4) is 0 Å². The van der Waals surface area contributed by atoms with E-state index in [2.05, 4.69) is 5.32 Å². The van der Waals surface area contributed by atoms with Crippen molar-refractivity contribution in [3.8, 4) is 0 Å². The van der Waals surface area contributed by atoms with Crippen LogP contribution in [0.25, 0.3) is 0 Å². The summed E-state index contributed by atoms with van der Waals surface area (Å²) in [6.07, 6.45) is 1.38. The van der Waals surface area contributed by atoms with Crippen molar-refractivity contribution in [1.29, 1.82) is 0 Å². The molecule has 166 valence electrons. The van der Waals surface area contributed by atoms with Gasteiger partial charge >= 0.3 is 5.97 Å². The van der Waals surface area contributed by atoms with Gasteiger partial charge in [-0.2, -0.15) is 11.8 Å². The van der Waals surface area contributed by atoms with E-state index in [1.807, 2.05) is 44.2 Å². The topological polar surface area (TPSA) is 83.5 Å². The van der Waals surface area contributed by atoms with Crippen LogP contribution in [0, 0.1) is 12.8 Å². The maximum Gasteiger partial charge on any atom is 0.327 e. The molecule has 0 fully saturated rings. The quantitative estimate of drug-likeness (QED) is 0.475. The second kappa shape index (κ2) is 13.2. The third kappa shape index (κ3) is 8.79. The van der Waals surface area contributed by atoms with Gasteiger partial charge in [0.2, 0.25) is 11.0 Å². The Labute approximate surface area is 192 Å². The summed E-state index contributed by atoms with van der Waals surface area (Å²) in [5.41, 5.74) is 2.89. The highest BCUT2D eigenvalue weighted by molar-refractivity contribution is 8.14. The number of hydrogen-bond donors (Lipinski definition) is 2. The Morgan fingerprint density at radius 3 is 2.29 bits per heavy atom. The zero-order chi connectivity index (χ0) is 22.6. The molecule has 5 nitrogen and oxygen atoms in total. The van der Waals surface area contributed by atoms with Crippen molar-refractivity contribution in [2.75, 3.05) is 11.5 Å². The first-order chi connectivity index (χ1) is 14.9. The number of aliphatic carboxylic acids is 1. The molecule has 2 atom stereocenters. The minimum Gasteiger partial charge on any atom is -0.480 e. The number of thioether (sulfide) groups is 2. The number of carbonyl (C=O) groups is 3. The molecule has 0 radical (unpaired) electrons. The minimum atomic E-state index is -1.05. The summed E-state index contributed by atoms with van der Waals surface area (Å²) >= 11 is 2.58. The van der Waals surface area contributed by atoms with Crippen LogP contribution in [0.2, 0.25) is 0 Å². The van der Waals surface area contributed by atoms with Gasteiger partial charge in [0.05, 0.1) is 0 Å². The zero-order valence-corrected chi connectivity index (χ0v) is 19.5. The van der Waals surface area contributed by atoms with Crippen LogP contribution in [0.15, 0.2) is 54.6 Å². The molecule has 1 amide bonds. The Hall–Kier alpha value is -2.25. The number of aryl methyl sites for hydroxylation is 1. The smallest absolute Gasteiger partial charge is 0.327 e. The summed E-state index contributed by atoms with van der Waals surface area (Å²) in [6.45, 7) is 3.99. The standard InChI is InChI=1S/C24H29NO4S2/c1-3-7-20(15-31-24(29)19-8-5-4-6-9-19)22(26)25-21(23(27)28)16-30-14-18-12-10-17(2)11-13-18/h4-6,8-13,20-21H,3,7,14-16H2,1-2H3,(H,25,26)(H,27,28)/t20-,21+/m1/s1. The Balaban J connectivity index is 1.88. The third-order valence-electron chi connectivity index (χ3n) is 4.72. The molecule has 31 heavy (non-hydrogen) atoms. The van der Waals surface area contributed by atoms with Crippen LogP contribution >= 0.6 is 23.5 Å². The van der Waals surface area contributed by atoms with Gasteiger partial charge < -0.3 is 10.4 Å². The van der Waals surface area contributed by atoms with Crippen LogP contribution in [-0.2, 0) is 15.3 Å². The van der Waals surface area contributed by atoms with Crippen LogP contribution in [-0.4, -0.2) is 39.6 Å². The van der Waals surface area contributed by atoms with Gasteiger partial charge in [-0.05, 0) is 18.9 Å². The molecular weight excluding hydrogens is 430 g/mol. The van der Waals surface area contributed by atoms with Crippen molar-refractivity contribution in [2.45, 2.75) is 38.5 Å². The maximum absolute atomic E-state index is 12.8. The van der Waals surface area contributed by atoms with Crippen LogP contribution in [0.5, 0.6) is 0 Å². The monoisotopic (exact) mass is 459 g/mol. The van der Waals surface area contributed by atoms with Crippen LogP contribution < -0.4 is 5.32 Å². The lowest BCUT2D eigenvalue weighted by atomic mass is 10.0. The number of carboxylic acids is 1. The van der Waals surface area contributed by atoms with Crippen molar-refractivity contribution in [3.63, 3.8) is 0 Å². The Kier molecular flexibility index (Phi) is 10.7. The Bertz CT molecular complexity index is 856. The molecule has 0 saturated carbocycles. The zero-order valence-electron chi connectivity index (χ0n) is 17.9. The fourth-order valence-electron chi connectivity index (χ4n) is 2.92. The molecule has 0 bridgehead atoms. The van der Waals surface area contributed by atoms with E-state index in [-0.39, 0.29) is 16.8 Å². The molecule has 0 heterocycles. The molecule has 2 aromatic rings. The first-order valence-electron chi connectivity index (χ1n) is 10.3. The van der Waals surface area contributed by atoms with Gasteiger partial charge in [0, 0.05) is 28.7 Å². The predicted molar refractivity (Wildman–Crippen MR) is 129 cm³/mol. The average Bonchev–Trinajstić information content (AvgIpc) is 2.77. The molecule has 0 aliphatic carbocycles. The fourth-order valence-corrected chi connectivity index (χ4v) is 4.90. The third-order valence-corrected chi connectivity index (χ3v) is 6.89. The number of carboxylic acid groups (broad SMARTS) is 1. The van der Waals surface area contributed by atoms with Crippen LogP contribution in [0.4, 0.5) is 0 Å². The number of carbonyl (C=O) groups excluding carboxylic acids is 2. The Morgan fingerprint density at radius 1 is 1.00 bits per heavy atom. The summed E-state index contributed by atoms with van der Waals surface area (Å²) in [5.74, 6) is -0.474. The number of nitrogens with one attached hydrogen (secondary N) is 1. The van der Waals surface area contributed by atoms with Gasteiger partial charge in [-0.3, -0.25) is 9.59 Å². The fraction of sp³-hybridized carbons (Fsp3) is 0.375. The van der Waals surface area contributed by atoms with Crippen molar-refractivity contribution >= 4 is 40.5 Å². The van der Waals surface area contributed by atoms with Gasteiger partial charge in [-0.25, -0.2) is 4.79 Å². The van der Waals surface area contributed by atoms with Gasteiger partial charge in [0.1, 0.15) is 6.04 Å². The minimum absolute atomic E-state index is 0.0852. The van der Waals surface area contributed by atoms with E-state index >= 15 is 0 Å². The summed E-state index contributed by atoms with van der Waals surface area (Å²) in [4.78, 5) is 36.8. The lowest BCUT2D eigenvalue weighted by Crippen LogP contribution is -2.45. The normalized spacial score (nSPS) is 12.7. The Morgan fingerprint density at radius 2 is 1.68 bits per heavy atom. The number of amides is 1. The van der Waals surface area contributed by atoms with E-state index in [4.69, 9.17) is 0 Å². The summed E-state index contributed by atoms with van der Waals surface area (Å²) in [5, 5.41) is 12.1. The maximum atomic E-state index is 12.8. The molecule has 0 saturated heterocycles. The predicted octanol–water partition coefficient (Wildman–Crippen LogP) is 4.79. The van der Waals surface area contributed by atoms with E-state index in [1.165, 1.54) is 17.3 Å². The van der Waals surface area contributed by atoms with E-state index in [0.29, 0.717) is 23.5 Å². The van der Waals surface area contributed by atoms with Gasteiger partial charge in [-0.1, -0.05) is 85.3 Å². The number of rotatable bonds is 12. The molecule has 2 N–H and O–H groups in total. The molecule has 0 aliphatic heterocycles. The second-order valence-electron chi connectivity index (χ2n) is 7.35. The first-order valence-corrected chi connectivity index (χ1v) is 12.4. The first kappa shape index (κ1) is 25.0. The average molecular weight is 460 g/mol. The van der Waals surface area contributed by atoms with Crippen molar-refractivity contribution in [2.24, 2.45) is 5.92 Å². The van der Waals surface area contributed by atoms with Gasteiger partial charge in [0.15, 0.2) is 0 Å². The van der Waals surface area contributed by atoms with Crippen LogP contribution in [0.1, 0.15) is 41.3 Å². The highest BCUT2D eigenvalue weighted by Crippen LogP contribution is 2.20. The molecule has 7 heteroatoms. The SMILES string of the molecule is CCC[C@H](CSC(=O)c1ccccc1)C(=O)N[C@@H](CSCc1ccc(C)cc1)C(=O)O. The molecule has 0 spiro atoms. The summed E-state index contributed by atoms with van der Waals surface area (Å²) < 4.78 is 0. The molecule has 2 rings (SSSR count). The highest BCUT2D eigenvalue weighted by Gasteiger charge is 2.25. The summed E-state index contributed by atoms with van der Waals surface area (Å²) in [7, 11) is 0. The van der Waals surface area contributed by atoms with E-state index < -0.39 is 17.9 Å². The van der Waals surface area contributed by atoms with E-state index in [1.54, 1.807) is 24.3 Å². The lowest BCUT2D eigenvalue weighted by molar-refractivity contribution is -0.141. The summed E-state index contributed by atoms with van der Waals surface area (Å²) in [6, 6.07) is 16.1. The molecular formula is C24H29NO4S2. The van der Waals surface area contributed by atoms with E-state index in [9.17, 15) is 19.5 Å². The molecule has 0 aromatic heterocycles. The number of hydrogen-bond acceptors (Lipinski definition) is 5. The molecule has 0 unspecified atom stereocenters. The molecule has 2 aromatic carbocycles. The lowest BCUT2D eigenvalue weighted by Gasteiger charge is -2.19. The largest absolute Gasteiger partial charge is 0.480 e. The van der Waals surface area contributed by atoms with Crippen molar-refractivity contribution in [3.05, 3.63) is 71.3 Å². The van der Waals surface area contributed by atoms with Crippen molar-refractivity contribution in [1.82, 2.24) is 5.32 Å².